The summed E-state index contributed by atoms with van der Waals surface area (Å²) in [7, 11) is -2.12. The second-order valence-corrected chi connectivity index (χ2v) is 8.38. The third-order valence-electron chi connectivity index (χ3n) is 4.56. The lowest BCUT2D eigenvalue weighted by molar-refractivity contribution is 0.587. The van der Waals surface area contributed by atoms with Gasteiger partial charge in [-0.25, -0.2) is 13.1 Å². The fourth-order valence-corrected chi connectivity index (χ4v) is 3.90. The van der Waals surface area contributed by atoms with Crippen LogP contribution in [0.1, 0.15) is 23.6 Å². The molecule has 28 heavy (non-hydrogen) atoms. The molecule has 0 aliphatic rings. The molecule has 2 N–H and O–H groups in total. The van der Waals surface area contributed by atoms with E-state index in [9.17, 15) is 8.42 Å². The van der Waals surface area contributed by atoms with E-state index in [1.807, 2.05) is 31.2 Å². The molecule has 0 aliphatic carbocycles. The summed E-state index contributed by atoms with van der Waals surface area (Å²) in [5, 5.41) is 11.7. The van der Waals surface area contributed by atoms with Gasteiger partial charge in [-0.05, 0) is 49.7 Å². The fraction of sp³-hybridized carbons (Fsp3) is 0.238. The first-order valence-electron chi connectivity index (χ1n) is 9.13. The lowest BCUT2D eigenvalue weighted by atomic mass is 10.1. The predicted octanol–water partition coefficient (Wildman–Crippen LogP) is 3.53. The minimum atomic E-state index is -3.53. The number of benzene rings is 2. The van der Waals surface area contributed by atoms with Crippen molar-refractivity contribution in [2.45, 2.75) is 31.7 Å². The van der Waals surface area contributed by atoms with E-state index in [0.29, 0.717) is 30.0 Å². The number of hydrogen-bond acceptors (Lipinski definition) is 5. The molecule has 0 amide bonds. The molecule has 0 unspecified atom stereocenters. The van der Waals surface area contributed by atoms with Crippen molar-refractivity contribution < 1.29 is 8.42 Å². The van der Waals surface area contributed by atoms with Gasteiger partial charge in [0.15, 0.2) is 0 Å². The second kappa shape index (κ2) is 8.50. The summed E-state index contributed by atoms with van der Waals surface area (Å²) in [6.45, 7) is 4.64. The molecule has 3 aromatic rings. The Morgan fingerprint density at radius 2 is 1.71 bits per heavy atom. The molecule has 6 nitrogen and oxygen atoms in total. The van der Waals surface area contributed by atoms with Gasteiger partial charge >= 0.3 is 0 Å². The molecule has 2 aromatic carbocycles. The van der Waals surface area contributed by atoms with Crippen molar-refractivity contribution in [1.29, 1.82) is 0 Å². The van der Waals surface area contributed by atoms with Crippen LogP contribution in [0.15, 0.2) is 59.5 Å². The van der Waals surface area contributed by atoms with Crippen LogP contribution in [-0.2, 0) is 23.0 Å². The van der Waals surface area contributed by atoms with Gasteiger partial charge in [-0.15, -0.1) is 10.2 Å². The average molecular weight is 397 g/mol. The van der Waals surface area contributed by atoms with Crippen LogP contribution in [0.3, 0.4) is 0 Å². The Labute approximate surface area is 166 Å². The molecule has 0 spiro atoms. The molecular weight excluding hydrogens is 372 g/mol. The molecule has 0 saturated carbocycles. The minimum absolute atomic E-state index is 0.276. The molecule has 1 heterocycles. The summed E-state index contributed by atoms with van der Waals surface area (Å²) in [6, 6.07) is 17.3. The van der Waals surface area contributed by atoms with Crippen molar-refractivity contribution in [3.8, 4) is 11.3 Å². The smallest absolute Gasteiger partial charge is 0.240 e. The number of sulfonamides is 1. The van der Waals surface area contributed by atoms with Crippen molar-refractivity contribution >= 4 is 15.8 Å². The normalized spacial score (nSPS) is 11.4. The van der Waals surface area contributed by atoms with Gasteiger partial charge in [0, 0.05) is 12.1 Å². The third-order valence-corrected chi connectivity index (χ3v) is 6.06. The Morgan fingerprint density at radius 1 is 0.964 bits per heavy atom. The van der Waals surface area contributed by atoms with Crippen LogP contribution in [0.25, 0.3) is 11.3 Å². The standard InChI is InChI=1S/C21H24N4O2S/c1-4-17-9-10-18(13-20(17)28(26,27)22-3)19-11-12-21(25-24-19)23-14-16-7-5-15(2)6-8-16/h5-13,22H,4,14H2,1-3H3,(H,23,25). The van der Waals surface area contributed by atoms with E-state index in [2.05, 4.69) is 51.4 Å². The first-order valence-corrected chi connectivity index (χ1v) is 10.6. The highest BCUT2D eigenvalue weighted by molar-refractivity contribution is 7.89. The lowest BCUT2D eigenvalue weighted by Crippen LogP contribution is -2.20. The van der Waals surface area contributed by atoms with Gasteiger partial charge in [0.25, 0.3) is 0 Å². The molecule has 146 valence electrons. The monoisotopic (exact) mass is 396 g/mol. The molecule has 0 atom stereocenters. The summed E-state index contributed by atoms with van der Waals surface area (Å²) < 4.78 is 27.0. The summed E-state index contributed by atoms with van der Waals surface area (Å²) in [5.41, 5.74) is 4.48. The molecular formula is C21H24N4O2S. The molecule has 0 bridgehead atoms. The van der Waals surface area contributed by atoms with Crippen LogP contribution in [0.5, 0.6) is 0 Å². The van der Waals surface area contributed by atoms with Gasteiger partial charge in [0.2, 0.25) is 10.0 Å². The summed E-state index contributed by atoms with van der Waals surface area (Å²) in [6.07, 6.45) is 0.629. The van der Waals surface area contributed by atoms with Gasteiger partial charge < -0.3 is 5.32 Å². The first-order chi connectivity index (χ1) is 13.4. The van der Waals surface area contributed by atoms with E-state index in [1.165, 1.54) is 12.6 Å². The number of aryl methyl sites for hydroxylation is 2. The van der Waals surface area contributed by atoms with E-state index in [4.69, 9.17) is 0 Å². The predicted molar refractivity (Wildman–Crippen MR) is 112 cm³/mol. The summed E-state index contributed by atoms with van der Waals surface area (Å²) >= 11 is 0. The van der Waals surface area contributed by atoms with E-state index in [1.54, 1.807) is 6.07 Å². The van der Waals surface area contributed by atoms with Gasteiger partial charge in [-0.1, -0.05) is 48.9 Å². The second-order valence-electron chi connectivity index (χ2n) is 6.53. The van der Waals surface area contributed by atoms with E-state index in [-0.39, 0.29) is 4.90 Å². The molecule has 0 fully saturated rings. The van der Waals surface area contributed by atoms with Gasteiger partial charge in [-0.3, -0.25) is 0 Å². The molecule has 0 radical (unpaired) electrons. The largest absolute Gasteiger partial charge is 0.365 e. The highest BCUT2D eigenvalue weighted by Crippen LogP contribution is 2.24. The van der Waals surface area contributed by atoms with Crippen LogP contribution in [0.4, 0.5) is 5.82 Å². The Bertz CT molecular complexity index is 1050. The van der Waals surface area contributed by atoms with Crippen molar-refractivity contribution in [2.75, 3.05) is 12.4 Å². The molecule has 3 rings (SSSR count). The number of rotatable bonds is 7. The zero-order valence-corrected chi connectivity index (χ0v) is 17.0. The Morgan fingerprint density at radius 3 is 2.32 bits per heavy atom. The topological polar surface area (TPSA) is 84.0 Å². The Hall–Kier alpha value is -2.77. The van der Waals surface area contributed by atoms with E-state index >= 15 is 0 Å². The number of aromatic nitrogens is 2. The Balaban J connectivity index is 1.79. The van der Waals surface area contributed by atoms with Crippen molar-refractivity contribution in [3.05, 3.63) is 71.3 Å². The van der Waals surface area contributed by atoms with Gasteiger partial charge in [0.1, 0.15) is 5.82 Å². The maximum Gasteiger partial charge on any atom is 0.240 e. The molecule has 7 heteroatoms. The maximum absolute atomic E-state index is 12.3. The maximum atomic E-state index is 12.3. The zero-order chi connectivity index (χ0) is 20.1. The Kier molecular flexibility index (Phi) is 6.06. The van der Waals surface area contributed by atoms with E-state index in [0.717, 1.165) is 11.1 Å². The van der Waals surface area contributed by atoms with Gasteiger partial charge in [-0.2, -0.15) is 0 Å². The van der Waals surface area contributed by atoms with Crippen LogP contribution < -0.4 is 10.0 Å². The lowest BCUT2D eigenvalue weighted by Gasteiger charge is -2.11. The van der Waals surface area contributed by atoms with Crippen LogP contribution >= 0.6 is 0 Å². The number of nitrogens with zero attached hydrogens (tertiary/aromatic N) is 2. The van der Waals surface area contributed by atoms with Crippen LogP contribution in [0.2, 0.25) is 0 Å². The minimum Gasteiger partial charge on any atom is -0.365 e. The first kappa shape index (κ1) is 20.0. The average Bonchev–Trinajstić information content (AvgIpc) is 2.73. The number of nitrogens with one attached hydrogen (secondary N) is 2. The quantitative estimate of drug-likeness (QED) is 0.638. The van der Waals surface area contributed by atoms with Crippen molar-refractivity contribution in [2.24, 2.45) is 0 Å². The van der Waals surface area contributed by atoms with E-state index < -0.39 is 10.0 Å². The van der Waals surface area contributed by atoms with Crippen molar-refractivity contribution in [1.82, 2.24) is 14.9 Å². The third kappa shape index (κ3) is 4.55. The SMILES string of the molecule is CCc1ccc(-c2ccc(NCc3ccc(C)cc3)nn2)cc1S(=O)(=O)NC. The zero-order valence-electron chi connectivity index (χ0n) is 16.2. The summed E-state index contributed by atoms with van der Waals surface area (Å²) in [4.78, 5) is 0.276. The van der Waals surface area contributed by atoms with Crippen LogP contribution in [0, 0.1) is 6.92 Å². The fourth-order valence-electron chi connectivity index (χ4n) is 2.85. The molecule has 1 aromatic heterocycles. The number of anilines is 1. The molecule has 0 aliphatic heterocycles. The highest BCUT2D eigenvalue weighted by atomic mass is 32.2. The number of hydrogen-bond donors (Lipinski definition) is 2. The highest BCUT2D eigenvalue weighted by Gasteiger charge is 2.17. The van der Waals surface area contributed by atoms with Gasteiger partial charge in [0.05, 0.1) is 10.6 Å². The summed E-state index contributed by atoms with van der Waals surface area (Å²) in [5.74, 6) is 0.664. The van der Waals surface area contributed by atoms with Crippen molar-refractivity contribution in [3.63, 3.8) is 0 Å². The van der Waals surface area contributed by atoms with Crippen LogP contribution in [-0.4, -0.2) is 25.7 Å². The molecule has 0 saturated heterocycles.